The van der Waals surface area contributed by atoms with Crippen LogP contribution in [0.4, 0.5) is 0 Å². The molecular formula is C9H12O4. The van der Waals surface area contributed by atoms with Crippen molar-refractivity contribution in [1.29, 1.82) is 0 Å². The number of hydrogen-bond acceptors (Lipinski definition) is 4. The highest BCUT2D eigenvalue weighted by Crippen LogP contribution is 1.85. The van der Waals surface area contributed by atoms with Gasteiger partial charge in [-0.1, -0.05) is 12.2 Å². The van der Waals surface area contributed by atoms with Gasteiger partial charge in [-0.25, -0.2) is 9.59 Å². The molecule has 13 heavy (non-hydrogen) atoms. The SMILES string of the molecule is C/C=C/C(=O)OCOC(=O)/C=C/C. The van der Waals surface area contributed by atoms with Gasteiger partial charge in [-0.15, -0.1) is 0 Å². The number of allylic oxidation sites excluding steroid dienone is 2. The fourth-order valence-corrected chi connectivity index (χ4v) is 0.514. The minimum atomic E-state index is -0.532. The molecule has 4 heteroatoms. The molecule has 0 unspecified atom stereocenters. The highest BCUT2D eigenvalue weighted by atomic mass is 16.7. The van der Waals surface area contributed by atoms with Crippen molar-refractivity contribution in [2.24, 2.45) is 0 Å². The molecule has 4 nitrogen and oxygen atoms in total. The molecule has 0 atom stereocenters. The third-order valence-electron chi connectivity index (χ3n) is 1.01. The van der Waals surface area contributed by atoms with Crippen molar-refractivity contribution in [2.45, 2.75) is 13.8 Å². The molecule has 0 fully saturated rings. The summed E-state index contributed by atoms with van der Waals surface area (Å²) < 4.78 is 8.99. The molecule has 0 heterocycles. The van der Waals surface area contributed by atoms with E-state index in [1.54, 1.807) is 13.8 Å². The summed E-state index contributed by atoms with van der Waals surface area (Å²) in [6, 6.07) is 0. The maximum absolute atomic E-state index is 10.7. The van der Waals surface area contributed by atoms with Crippen LogP contribution in [0, 0.1) is 0 Å². The number of hydrogen-bond donors (Lipinski definition) is 0. The average molecular weight is 184 g/mol. The van der Waals surface area contributed by atoms with Gasteiger partial charge in [0.25, 0.3) is 0 Å². The van der Waals surface area contributed by atoms with Gasteiger partial charge in [-0.05, 0) is 13.8 Å². The number of ether oxygens (including phenoxy) is 2. The number of carbonyl (C=O) groups excluding carboxylic acids is 2. The van der Waals surface area contributed by atoms with E-state index in [4.69, 9.17) is 0 Å². The van der Waals surface area contributed by atoms with E-state index < -0.39 is 11.9 Å². The van der Waals surface area contributed by atoms with E-state index in [1.807, 2.05) is 0 Å². The molecule has 0 aromatic carbocycles. The van der Waals surface area contributed by atoms with Crippen molar-refractivity contribution >= 4 is 11.9 Å². The van der Waals surface area contributed by atoms with Gasteiger partial charge in [0.1, 0.15) is 0 Å². The Morgan fingerprint density at radius 1 is 1.00 bits per heavy atom. The smallest absolute Gasteiger partial charge is 0.333 e. The standard InChI is InChI=1S/C9H12O4/c1-3-5-8(10)12-7-13-9(11)6-4-2/h3-6H,7H2,1-2H3/b5-3+,6-4+. The van der Waals surface area contributed by atoms with E-state index in [1.165, 1.54) is 24.3 Å². The topological polar surface area (TPSA) is 52.6 Å². The van der Waals surface area contributed by atoms with E-state index in [9.17, 15) is 9.59 Å². The molecule has 0 bridgehead atoms. The zero-order chi connectivity index (χ0) is 10.1. The van der Waals surface area contributed by atoms with Crippen molar-refractivity contribution in [3.63, 3.8) is 0 Å². The highest BCUT2D eigenvalue weighted by molar-refractivity contribution is 5.83. The molecular weight excluding hydrogens is 172 g/mol. The first kappa shape index (κ1) is 11.4. The lowest BCUT2D eigenvalue weighted by atomic mass is 10.5. The Labute approximate surface area is 76.8 Å². The molecule has 0 radical (unpaired) electrons. The minimum Gasteiger partial charge on any atom is -0.425 e. The Balaban J connectivity index is 3.56. The Morgan fingerprint density at radius 2 is 1.38 bits per heavy atom. The van der Waals surface area contributed by atoms with Crippen molar-refractivity contribution in [1.82, 2.24) is 0 Å². The van der Waals surface area contributed by atoms with Crippen LogP contribution in [0.1, 0.15) is 13.8 Å². The van der Waals surface area contributed by atoms with Crippen LogP contribution in [0.25, 0.3) is 0 Å². The molecule has 0 aromatic heterocycles. The first-order chi connectivity index (χ1) is 6.20. The number of rotatable bonds is 4. The monoisotopic (exact) mass is 184 g/mol. The van der Waals surface area contributed by atoms with E-state index in [0.717, 1.165) is 0 Å². The summed E-state index contributed by atoms with van der Waals surface area (Å²) in [6.45, 7) is 3.02. The molecule has 0 aliphatic heterocycles. The predicted octanol–water partition coefficient (Wildman–Crippen LogP) is 1.18. The molecule has 0 rings (SSSR count). The van der Waals surface area contributed by atoms with Crippen LogP contribution in [0.5, 0.6) is 0 Å². The van der Waals surface area contributed by atoms with Crippen molar-refractivity contribution in [3.05, 3.63) is 24.3 Å². The first-order valence-electron chi connectivity index (χ1n) is 3.79. The predicted molar refractivity (Wildman–Crippen MR) is 46.7 cm³/mol. The summed E-state index contributed by atoms with van der Waals surface area (Å²) in [4.78, 5) is 21.3. The van der Waals surface area contributed by atoms with E-state index in [-0.39, 0.29) is 6.79 Å². The fourth-order valence-electron chi connectivity index (χ4n) is 0.514. The van der Waals surface area contributed by atoms with Gasteiger partial charge >= 0.3 is 11.9 Å². The van der Waals surface area contributed by atoms with Gasteiger partial charge in [0.05, 0.1) is 0 Å². The highest BCUT2D eigenvalue weighted by Gasteiger charge is 1.98. The van der Waals surface area contributed by atoms with Crippen LogP contribution in [0.2, 0.25) is 0 Å². The summed E-state index contributed by atoms with van der Waals surface area (Å²) >= 11 is 0. The third kappa shape index (κ3) is 6.80. The van der Waals surface area contributed by atoms with Crippen molar-refractivity contribution < 1.29 is 19.1 Å². The van der Waals surface area contributed by atoms with Crippen LogP contribution < -0.4 is 0 Å². The second-order valence-corrected chi connectivity index (χ2v) is 2.04. The molecule has 0 saturated heterocycles. The molecule has 0 amide bonds. The molecule has 0 aliphatic carbocycles. The zero-order valence-corrected chi connectivity index (χ0v) is 7.65. The maximum atomic E-state index is 10.7. The maximum Gasteiger partial charge on any atom is 0.333 e. The lowest BCUT2D eigenvalue weighted by Crippen LogP contribution is -2.09. The van der Waals surface area contributed by atoms with Crippen LogP contribution in [-0.4, -0.2) is 18.7 Å². The molecule has 0 saturated carbocycles. The van der Waals surface area contributed by atoms with Crippen molar-refractivity contribution in [2.75, 3.05) is 6.79 Å². The van der Waals surface area contributed by atoms with E-state index in [2.05, 4.69) is 9.47 Å². The van der Waals surface area contributed by atoms with Crippen LogP contribution in [0.3, 0.4) is 0 Å². The Hall–Kier alpha value is -1.58. The van der Waals surface area contributed by atoms with Gasteiger partial charge in [-0.3, -0.25) is 0 Å². The lowest BCUT2D eigenvalue weighted by molar-refractivity contribution is -0.160. The normalized spacial score (nSPS) is 10.6. The number of esters is 2. The molecule has 0 N–H and O–H groups in total. The molecule has 0 aromatic rings. The Kier molecular flexibility index (Phi) is 6.23. The Morgan fingerprint density at radius 3 is 1.69 bits per heavy atom. The molecule has 0 aliphatic rings. The fraction of sp³-hybridized carbons (Fsp3) is 0.333. The average Bonchev–Trinajstić information content (AvgIpc) is 2.05. The molecule has 72 valence electrons. The van der Waals surface area contributed by atoms with Gasteiger partial charge in [-0.2, -0.15) is 0 Å². The first-order valence-corrected chi connectivity index (χ1v) is 3.79. The van der Waals surface area contributed by atoms with Gasteiger partial charge in [0, 0.05) is 12.2 Å². The van der Waals surface area contributed by atoms with Crippen LogP contribution in [0.15, 0.2) is 24.3 Å². The summed E-state index contributed by atoms with van der Waals surface area (Å²) in [5.74, 6) is -1.06. The van der Waals surface area contributed by atoms with Crippen LogP contribution >= 0.6 is 0 Å². The van der Waals surface area contributed by atoms with Gasteiger partial charge in [0.2, 0.25) is 6.79 Å². The third-order valence-corrected chi connectivity index (χ3v) is 1.01. The molecule has 0 spiro atoms. The summed E-state index contributed by atoms with van der Waals surface area (Å²) in [6.07, 6.45) is 5.55. The van der Waals surface area contributed by atoms with E-state index >= 15 is 0 Å². The zero-order valence-electron chi connectivity index (χ0n) is 7.65. The minimum absolute atomic E-state index is 0.355. The van der Waals surface area contributed by atoms with Crippen molar-refractivity contribution in [3.8, 4) is 0 Å². The quantitative estimate of drug-likeness (QED) is 0.374. The second kappa shape index (κ2) is 7.09. The largest absolute Gasteiger partial charge is 0.425 e. The second-order valence-electron chi connectivity index (χ2n) is 2.04. The summed E-state index contributed by atoms with van der Waals surface area (Å²) in [7, 11) is 0. The lowest BCUT2D eigenvalue weighted by Gasteiger charge is -2.00. The van der Waals surface area contributed by atoms with Crippen LogP contribution in [-0.2, 0) is 19.1 Å². The summed E-state index contributed by atoms with van der Waals surface area (Å²) in [5.41, 5.74) is 0. The number of carbonyl (C=O) groups is 2. The summed E-state index contributed by atoms with van der Waals surface area (Å²) in [5, 5.41) is 0. The Bertz CT molecular complexity index is 204. The van der Waals surface area contributed by atoms with Gasteiger partial charge in [0.15, 0.2) is 0 Å². The van der Waals surface area contributed by atoms with Gasteiger partial charge < -0.3 is 9.47 Å². The van der Waals surface area contributed by atoms with E-state index in [0.29, 0.717) is 0 Å².